The van der Waals surface area contributed by atoms with Gasteiger partial charge in [-0.15, -0.1) is 22.7 Å². The highest BCUT2D eigenvalue weighted by molar-refractivity contribution is 7.30. The standard InChI is InChI=1S/C8H7NOS2/c1-9-8-3-7-6(12-8)2-5(4-10)11-7/h2-4,9H,1H3. The highest BCUT2D eigenvalue weighted by atomic mass is 32.1. The van der Waals surface area contributed by atoms with Crippen molar-refractivity contribution in [2.75, 3.05) is 12.4 Å². The molecule has 0 fully saturated rings. The lowest BCUT2D eigenvalue weighted by Gasteiger charge is -1.87. The van der Waals surface area contributed by atoms with Crippen molar-refractivity contribution in [3.05, 3.63) is 17.0 Å². The molecular formula is C8H7NOS2. The molecule has 0 unspecified atom stereocenters. The van der Waals surface area contributed by atoms with Crippen LogP contribution in [0.3, 0.4) is 0 Å². The molecule has 0 saturated heterocycles. The summed E-state index contributed by atoms with van der Waals surface area (Å²) in [5.74, 6) is 0. The number of carbonyl (C=O) groups excluding carboxylic acids is 1. The number of nitrogens with one attached hydrogen (secondary N) is 1. The van der Waals surface area contributed by atoms with Crippen molar-refractivity contribution in [2.24, 2.45) is 0 Å². The largest absolute Gasteiger partial charge is 0.380 e. The third-order valence-corrected chi connectivity index (χ3v) is 3.82. The van der Waals surface area contributed by atoms with Crippen molar-refractivity contribution in [1.29, 1.82) is 0 Å². The molecule has 0 aliphatic rings. The van der Waals surface area contributed by atoms with E-state index in [0.29, 0.717) is 0 Å². The molecule has 62 valence electrons. The molecule has 0 saturated carbocycles. The molecule has 0 aromatic carbocycles. The van der Waals surface area contributed by atoms with Crippen LogP contribution in [0.15, 0.2) is 12.1 Å². The van der Waals surface area contributed by atoms with Gasteiger partial charge >= 0.3 is 0 Å². The number of fused-ring (bicyclic) bond motifs is 1. The van der Waals surface area contributed by atoms with E-state index in [1.807, 2.05) is 13.1 Å². The Morgan fingerprint density at radius 3 is 2.67 bits per heavy atom. The Hall–Kier alpha value is -0.870. The second-order valence-electron chi connectivity index (χ2n) is 2.36. The van der Waals surface area contributed by atoms with Gasteiger partial charge in [0.2, 0.25) is 0 Å². The predicted molar refractivity (Wildman–Crippen MR) is 54.6 cm³/mol. The Bertz CT molecular complexity index is 384. The highest BCUT2D eigenvalue weighted by Crippen LogP contribution is 2.34. The third-order valence-electron chi connectivity index (χ3n) is 1.59. The molecule has 0 atom stereocenters. The van der Waals surface area contributed by atoms with E-state index in [0.717, 1.165) is 16.2 Å². The predicted octanol–water partition coefficient (Wildman–Crippen LogP) is 2.82. The number of anilines is 1. The second kappa shape index (κ2) is 2.88. The number of hydrogen-bond donors (Lipinski definition) is 1. The molecule has 0 aliphatic heterocycles. The summed E-state index contributed by atoms with van der Waals surface area (Å²) in [6, 6.07) is 4.00. The lowest BCUT2D eigenvalue weighted by atomic mass is 10.4. The summed E-state index contributed by atoms with van der Waals surface area (Å²) in [7, 11) is 1.90. The monoisotopic (exact) mass is 197 g/mol. The number of hydrogen-bond acceptors (Lipinski definition) is 4. The molecular weight excluding hydrogens is 190 g/mol. The topological polar surface area (TPSA) is 29.1 Å². The first-order chi connectivity index (χ1) is 5.83. The maximum Gasteiger partial charge on any atom is 0.160 e. The smallest absolute Gasteiger partial charge is 0.160 e. The molecule has 0 spiro atoms. The van der Waals surface area contributed by atoms with Gasteiger partial charge in [-0.25, -0.2) is 0 Å². The summed E-state index contributed by atoms with van der Waals surface area (Å²) >= 11 is 3.21. The van der Waals surface area contributed by atoms with Gasteiger partial charge in [0.1, 0.15) is 0 Å². The first-order valence-corrected chi connectivity index (χ1v) is 5.13. The van der Waals surface area contributed by atoms with E-state index in [4.69, 9.17) is 0 Å². The minimum absolute atomic E-state index is 0.805. The summed E-state index contributed by atoms with van der Waals surface area (Å²) in [5, 5.41) is 4.22. The summed E-state index contributed by atoms with van der Waals surface area (Å²) in [5.41, 5.74) is 0. The Balaban J connectivity index is 2.58. The molecule has 2 heterocycles. The Morgan fingerprint density at radius 2 is 2.08 bits per heavy atom. The van der Waals surface area contributed by atoms with E-state index in [9.17, 15) is 4.79 Å². The summed E-state index contributed by atoms with van der Waals surface area (Å²) in [4.78, 5) is 11.2. The Morgan fingerprint density at radius 1 is 1.33 bits per heavy atom. The maximum atomic E-state index is 10.4. The van der Waals surface area contributed by atoms with Gasteiger partial charge in [0, 0.05) is 16.4 Å². The maximum absolute atomic E-state index is 10.4. The van der Waals surface area contributed by atoms with Gasteiger partial charge in [-0.1, -0.05) is 0 Å². The normalized spacial score (nSPS) is 10.4. The zero-order valence-corrected chi connectivity index (χ0v) is 8.09. The number of rotatable bonds is 2. The SMILES string of the molecule is CNc1cc2sc(C=O)cc2s1. The third kappa shape index (κ3) is 1.13. The number of thiophene rings is 2. The minimum Gasteiger partial charge on any atom is -0.380 e. The van der Waals surface area contributed by atoms with E-state index < -0.39 is 0 Å². The van der Waals surface area contributed by atoms with Crippen LogP contribution in [-0.4, -0.2) is 13.3 Å². The van der Waals surface area contributed by atoms with Crippen LogP contribution in [-0.2, 0) is 0 Å². The minimum atomic E-state index is 0.805. The van der Waals surface area contributed by atoms with E-state index in [-0.39, 0.29) is 0 Å². The number of carbonyl (C=O) groups is 1. The average molecular weight is 197 g/mol. The van der Waals surface area contributed by atoms with Crippen LogP contribution in [0.2, 0.25) is 0 Å². The van der Waals surface area contributed by atoms with Gasteiger partial charge in [-0.3, -0.25) is 4.79 Å². The van der Waals surface area contributed by atoms with E-state index in [1.54, 1.807) is 11.3 Å². The lowest BCUT2D eigenvalue weighted by molar-refractivity contribution is 0.112. The Labute approximate surface area is 77.8 Å². The summed E-state index contributed by atoms with van der Waals surface area (Å²) < 4.78 is 2.37. The first-order valence-electron chi connectivity index (χ1n) is 3.50. The fraction of sp³-hybridized carbons (Fsp3) is 0.125. The van der Waals surface area contributed by atoms with Crippen molar-refractivity contribution in [3.63, 3.8) is 0 Å². The quantitative estimate of drug-likeness (QED) is 0.750. The molecule has 2 rings (SSSR count). The second-order valence-corrected chi connectivity index (χ2v) is 4.55. The van der Waals surface area contributed by atoms with Crippen LogP contribution in [0.5, 0.6) is 0 Å². The Kier molecular flexibility index (Phi) is 1.86. The van der Waals surface area contributed by atoms with Crippen LogP contribution in [0, 0.1) is 0 Å². The zero-order chi connectivity index (χ0) is 8.55. The molecule has 12 heavy (non-hydrogen) atoms. The zero-order valence-electron chi connectivity index (χ0n) is 6.46. The molecule has 0 radical (unpaired) electrons. The van der Waals surface area contributed by atoms with E-state index in [1.165, 1.54) is 20.7 Å². The van der Waals surface area contributed by atoms with Crippen LogP contribution >= 0.6 is 22.7 Å². The van der Waals surface area contributed by atoms with Crippen molar-refractivity contribution in [3.8, 4) is 0 Å². The summed E-state index contributed by atoms with van der Waals surface area (Å²) in [6.07, 6.45) is 0.899. The van der Waals surface area contributed by atoms with Crippen LogP contribution in [0.1, 0.15) is 9.67 Å². The van der Waals surface area contributed by atoms with Crippen LogP contribution in [0.4, 0.5) is 5.00 Å². The van der Waals surface area contributed by atoms with Gasteiger partial charge in [0.15, 0.2) is 6.29 Å². The van der Waals surface area contributed by atoms with E-state index in [2.05, 4.69) is 11.4 Å². The van der Waals surface area contributed by atoms with Gasteiger partial charge in [-0.05, 0) is 12.1 Å². The summed E-state index contributed by atoms with van der Waals surface area (Å²) in [6.45, 7) is 0. The number of aldehydes is 1. The fourth-order valence-corrected chi connectivity index (χ4v) is 3.11. The fourth-order valence-electron chi connectivity index (χ4n) is 1.04. The van der Waals surface area contributed by atoms with Crippen LogP contribution in [0.25, 0.3) is 9.40 Å². The van der Waals surface area contributed by atoms with Crippen molar-refractivity contribution in [1.82, 2.24) is 0 Å². The lowest BCUT2D eigenvalue weighted by Crippen LogP contribution is -1.80. The van der Waals surface area contributed by atoms with Crippen molar-refractivity contribution < 1.29 is 4.79 Å². The van der Waals surface area contributed by atoms with Crippen molar-refractivity contribution in [2.45, 2.75) is 0 Å². The van der Waals surface area contributed by atoms with Gasteiger partial charge in [-0.2, -0.15) is 0 Å². The first kappa shape index (κ1) is 7.76. The van der Waals surface area contributed by atoms with E-state index >= 15 is 0 Å². The molecule has 0 amide bonds. The van der Waals surface area contributed by atoms with Gasteiger partial charge < -0.3 is 5.32 Å². The van der Waals surface area contributed by atoms with Crippen LogP contribution < -0.4 is 5.32 Å². The molecule has 0 bridgehead atoms. The molecule has 2 aromatic rings. The van der Waals surface area contributed by atoms with Crippen molar-refractivity contribution >= 4 is 43.4 Å². The average Bonchev–Trinajstić information content (AvgIpc) is 2.59. The van der Waals surface area contributed by atoms with Gasteiger partial charge in [0.25, 0.3) is 0 Å². The molecule has 2 nitrogen and oxygen atoms in total. The molecule has 1 N–H and O–H groups in total. The molecule has 2 aromatic heterocycles. The molecule has 0 aliphatic carbocycles. The molecule has 4 heteroatoms. The highest BCUT2D eigenvalue weighted by Gasteiger charge is 2.04. The van der Waals surface area contributed by atoms with Gasteiger partial charge in [0.05, 0.1) is 9.88 Å².